The van der Waals surface area contributed by atoms with Crippen molar-refractivity contribution in [1.82, 2.24) is 14.9 Å². The van der Waals surface area contributed by atoms with Crippen molar-refractivity contribution in [3.8, 4) is 0 Å². The van der Waals surface area contributed by atoms with Crippen LogP contribution >= 0.6 is 11.6 Å². The van der Waals surface area contributed by atoms with Crippen LogP contribution in [0.1, 0.15) is 46.1 Å². The van der Waals surface area contributed by atoms with Crippen molar-refractivity contribution < 1.29 is 4.43 Å². The molecule has 35 heavy (non-hydrogen) atoms. The maximum atomic E-state index is 6.48. The average Bonchev–Trinajstić information content (AvgIpc) is 2.78. The Morgan fingerprint density at radius 3 is 2.51 bits per heavy atom. The molecule has 1 unspecified atom stereocenters. The molecule has 1 atom stereocenters. The van der Waals surface area contributed by atoms with E-state index in [2.05, 4.69) is 91.3 Å². The number of benzene rings is 2. The molecule has 1 N–H and O–H groups in total. The SMILES string of the molecule is CC(CCCN(CCO[Si](C)(C)C(C)(C)C)Cc1ccccc1)Nc1ncnc2cc(Cl)ccc12. The Hall–Kier alpha value is -1.99. The van der Waals surface area contributed by atoms with E-state index in [0.29, 0.717) is 11.1 Å². The first-order valence-corrected chi connectivity index (χ1v) is 15.9. The van der Waals surface area contributed by atoms with Crippen LogP contribution in [0.2, 0.25) is 23.2 Å². The zero-order chi connectivity index (χ0) is 25.5. The molecule has 0 amide bonds. The molecule has 0 saturated carbocycles. The minimum absolute atomic E-state index is 0.231. The van der Waals surface area contributed by atoms with Gasteiger partial charge >= 0.3 is 0 Å². The lowest BCUT2D eigenvalue weighted by Crippen LogP contribution is -2.42. The van der Waals surface area contributed by atoms with Crippen LogP contribution in [0.15, 0.2) is 54.9 Å². The van der Waals surface area contributed by atoms with E-state index in [0.717, 1.165) is 55.8 Å². The fourth-order valence-electron chi connectivity index (χ4n) is 3.83. The maximum absolute atomic E-state index is 6.48. The van der Waals surface area contributed by atoms with E-state index in [1.54, 1.807) is 6.33 Å². The molecule has 3 aromatic rings. The number of anilines is 1. The monoisotopic (exact) mass is 512 g/mol. The zero-order valence-corrected chi connectivity index (χ0v) is 23.9. The first kappa shape index (κ1) is 27.6. The summed E-state index contributed by atoms with van der Waals surface area (Å²) in [6, 6.07) is 16.8. The highest BCUT2D eigenvalue weighted by Gasteiger charge is 2.36. The number of nitrogens with one attached hydrogen (secondary N) is 1. The van der Waals surface area contributed by atoms with E-state index >= 15 is 0 Å². The van der Waals surface area contributed by atoms with Crippen LogP contribution in [0.4, 0.5) is 5.82 Å². The number of aromatic nitrogens is 2. The van der Waals surface area contributed by atoms with Gasteiger partial charge in [-0.25, -0.2) is 9.97 Å². The smallest absolute Gasteiger partial charge is 0.192 e. The fraction of sp³-hybridized carbons (Fsp3) is 0.500. The Morgan fingerprint density at radius 1 is 1.06 bits per heavy atom. The Bertz CT molecular complexity index is 1070. The van der Waals surface area contributed by atoms with Crippen LogP contribution in [0, 0.1) is 0 Å². The summed E-state index contributed by atoms with van der Waals surface area (Å²) in [4.78, 5) is 11.3. The summed E-state index contributed by atoms with van der Waals surface area (Å²) < 4.78 is 6.48. The van der Waals surface area contributed by atoms with Crippen LogP contribution in [-0.4, -0.2) is 48.9 Å². The highest BCUT2D eigenvalue weighted by molar-refractivity contribution is 6.74. The summed E-state index contributed by atoms with van der Waals surface area (Å²) in [7, 11) is -1.74. The molecule has 190 valence electrons. The number of hydrogen-bond acceptors (Lipinski definition) is 5. The van der Waals surface area contributed by atoms with Gasteiger partial charge in [-0.1, -0.05) is 62.7 Å². The van der Waals surface area contributed by atoms with E-state index in [1.807, 2.05) is 18.2 Å². The summed E-state index contributed by atoms with van der Waals surface area (Å²) in [5.74, 6) is 0.864. The van der Waals surface area contributed by atoms with Crippen molar-refractivity contribution in [2.75, 3.05) is 25.0 Å². The van der Waals surface area contributed by atoms with Crippen molar-refractivity contribution in [2.24, 2.45) is 0 Å². The number of hydrogen-bond donors (Lipinski definition) is 1. The Labute approximate surface area is 217 Å². The third-order valence-corrected chi connectivity index (χ3v) is 11.8. The van der Waals surface area contributed by atoms with E-state index in [9.17, 15) is 0 Å². The summed E-state index contributed by atoms with van der Waals surface area (Å²) in [5, 5.41) is 5.49. The van der Waals surface area contributed by atoms with Crippen LogP contribution in [-0.2, 0) is 11.0 Å². The molecule has 0 saturated heterocycles. The second-order valence-corrected chi connectivity index (χ2v) is 16.2. The molecule has 0 aliphatic rings. The third-order valence-electron chi connectivity index (χ3n) is 7.02. The van der Waals surface area contributed by atoms with Gasteiger partial charge in [-0.05, 0) is 68.2 Å². The molecule has 1 heterocycles. The molecule has 0 fully saturated rings. The molecule has 0 aliphatic carbocycles. The van der Waals surface area contributed by atoms with Crippen molar-refractivity contribution >= 4 is 36.6 Å². The van der Waals surface area contributed by atoms with Crippen LogP contribution in [0.25, 0.3) is 10.9 Å². The molecule has 3 rings (SSSR count). The zero-order valence-electron chi connectivity index (χ0n) is 22.1. The van der Waals surface area contributed by atoms with Gasteiger partial charge in [0.2, 0.25) is 0 Å². The quantitative estimate of drug-likeness (QED) is 0.256. The van der Waals surface area contributed by atoms with Gasteiger partial charge in [0.25, 0.3) is 0 Å². The van der Waals surface area contributed by atoms with Gasteiger partial charge in [-0.3, -0.25) is 4.90 Å². The predicted octanol–water partition coefficient (Wildman–Crippen LogP) is 7.39. The highest BCUT2D eigenvalue weighted by Crippen LogP contribution is 2.36. The number of fused-ring (bicyclic) bond motifs is 1. The van der Waals surface area contributed by atoms with Crippen LogP contribution in [0.3, 0.4) is 0 Å². The summed E-state index contributed by atoms with van der Waals surface area (Å²) in [5.41, 5.74) is 2.20. The minimum Gasteiger partial charge on any atom is -0.416 e. The highest BCUT2D eigenvalue weighted by atomic mass is 35.5. The number of rotatable bonds is 12. The largest absolute Gasteiger partial charge is 0.416 e. The molecule has 0 radical (unpaired) electrons. The lowest BCUT2D eigenvalue weighted by molar-refractivity contribution is 0.189. The van der Waals surface area contributed by atoms with E-state index in [-0.39, 0.29) is 5.04 Å². The standard InChI is InChI=1S/C28H41ClN4OSi/c1-22(32-27-25-15-14-24(29)19-26(25)30-21-31-27)11-10-16-33(20-23-12-8-7-9-13-23)17-18-34-35(5,6)28(2,3)4/h7-9,12-15,19,21-22H,10-11,16-18,20H2,1-6H3,(H,30,31,32). The van der Waals surface area contributed by atoms with Crippen molar-refractivity contribution in [1.29, 1.82) is 0 Å². The molecule has 0 aliphatic heterocycles. The lowest BCUT2D eigenvalue weighted by Gasteiger charge is -2.37. The molecular weight excluding hydrogens is 472 g/mol. The van der Waals surface area contributed by atoms with Crippen LogP contribution in [0.5, 0.6) is 0 Å². The van der Waals surface area contributed by atoms with Gasteiger partial charge in [0, 0.05) is 36.1 Å². The number of nitrogens with zero attached hydrogens (tertiary/aromatic N) is 3. The van der Waals surface area contributed by atoms with Crippen molar-refractivity contribution in [3.05, 3.63) is 65.4 Å². The molecule has 2 aromatic carbocycles. The lowest BCUT2D eigenvalue weighted by atomic mass is 10.1. The minimum atomic E-state index is -1.74. The number of halogens is 1. The Balaban J connectivity index is 1.55. The second kappa shape index (κ2) is 12.3. The fourth-order valence-corrected chi connectivity index (χ4v) is 5.03. The van der Waals surface area contributed by atoms with Gasteiger partial charge in [0.15, 0.2) is 8.32 Å². The normalized spacial score (nSPS) is 13.4. The summed E-state index contributed by atoms with van der Waals surface area (Å²) >= 11 is 6.12. The van der Waals surface area contributed by atoms with E-state index in [1.165, 1.54) is 5.56 Å². The average molecular weight is 513 g/mol. The van der Waals surface area contributed by atoms with Gasteiger partial charge in [-0.15, -0.1) is 0 Å². The first-order chi connectivity index (χ1) is 16.5. The van der Waals surface area contributed by atoms with Gasteiger partial charge in [0.1, 0.15) is 12.1 Å². The predicted molar refractivity (Wildman–Crippen MR) is 152 cm³/mol. The van der Waals surface area contributed by atoms with Crippen molar-refractivity contribution in [2.45, 2.75) is 71.3 Å². The van der Waals surface area contributed by atoms with Gasteiger partial charge in [-0.2, -0.15) is 0 Å². The van der Waals surface area contributed by atoms with Gasteiger partial charge < -0.3 is 9.74 Å². The third kappa shape index (κ3) is 8.28. The molecule has 0 bridgehead atoms. The van der Waals surface area contributed by atoms with E-state index in [4.69, 9.17) is 16.0 Å². The Kier molecular flexibility index (Phi) is 9.70. The van der Waals surface area contributed by atoms with Crippen LogP contribution < -0.4 is 5.32 Å². The Morgan fingerprint density at radius 2 is 1.80 bits per heavy atom. The van der Waals surface area contributed by atoms with Crippen molar-refractivity contribution in [3.63, 3.8) is 0 Å². The maximum Gasteiger partial charge on any atom is 0.192 e. The first-order valence-electron chi connectivity index (χ1n) is 12.6. The van der Waals surface area contributed by atoms with Gasteiger partial charge in [0.05, 0.1) is 5.52 Å². The molecular formula is C28H41ClN4OSi. The molecule has 0 spiro atoms. The van der Waals surface area contributed by atoms with E-state index < -0.39 is 8.32 Å². The summed E-state index contributed by atoms with van der Waals surface area (Å²) in [6.07, 6.45) is 3.74. The molecule has 1 aromatic heterocycles. The topological polar surface area (TPSA) is 50.3 Å². The second-order valence-electron chi connectivity index (χ2n) is 10.9. The molecule has 5 nitrogen and oxygen atoms in total. The molecule has 7 heteroatoms. The summed E-state index contributed by atoms with van der Waals surface area (Å²) in [6.45, 7) is 17.5.